The van der Waals surface area contributed by atoms with Crippen LogP contribution in [0.5, 0.6) is 0 Å². The summed E-state index contributed by atoms with van der Waals surface area (Å²) < 4.78 is 39.5. The number of amides is 2. The van der Waals surface area contributed by atoms with Gasteiger partial charge in [0.25, 0.3) is 0 Å². The lowest BCUT2D eigenvalue weighted by molar-refractivity contribution is -0.140. The molecule has 0 saturated heterocycles. The number of nitrogens with zero attached hydrogens (tertiary/aromatic N) is 2. The number of benzene rings is 2. The zero-order valence-corrected chi connectivity index (χ0v) is 22.6. The van der Waals surface area contributed by atoms with E-state index in [9.17, 15) is 22.4 Å². The van der Waals surface area contributed by atoms with Gasteiger partial charge < -0.3 is 10.2 Å². The molecule has 1 N–H and O–H groups in total. The van der Waals surface area contributed by atoms with Gasteiger partial charge in [-0.2, -0.15) is 0 Å². The first-order valence-corrected chi connectivity index (χ1v) is 14.2. The molecule has 1 atom stereocenters. The first-order valence-electron chi connectivity index (χ1n) is 12.3. The second kappa shape index (κ2) is 13.4. The molecule has 0 radical (unpaired) electrons. The molecule has 198 valence electrons. The molecule has 0 aliphatic heterocycles. The van der Waals surface area contributed by atoms with E-state index in [2.05, 4.69) is 5.32 Å². The number of nitrogens with one attached hydrogen (secondary N) is 1. The Morgan fingerprint density at radius 1 is 0.972 bits per heavy atom. The largest absolute Gasteiger partial charge is 0.354 e. The third kappa shape index (κ3) is 8.93. The molecule has 9 heteroatoms. The molecule has 0 unspecified atom stereocenters. The summed E-state index contributed by atoms with van der Waals surface area (Å²) >= 11 is 0. The van der Waals surface area contributed by atoms with Crippen LogP contribution in [0, 0.1) is 11.7 Å². The molecule has 0 bridgehead atoms. The van der Waals surface area contributed by atoms with Gasteiger partial charge in [0.15, 0.2) is 0 Å². The monoisotopic (exact) mass is 519 g/mol. The molecule has 0 aliphatic carbocycles. The summed E-state index contributed by atoms with van der Waals surface area (Å²) in [7, 11) is -3.54. The van der Waals surface area contributed by atoms with Crippen LogP contribution < -0.4 is 9.62 Å². The molecule has 2 rings (SSSR count). The van der Waals surface area contributed by atoms with Crippen LogP contribution in [0.2, 0.25) is 0 Å². The molecule has 0 saturated carbocycles. The number of carbonyl (C=O) groups is 2. The maximum absolute atomic E-state index is 13.4. The first-order chi connectivity index (χ1) is 16.9. The summed E-state index contributed by atoms with van der Waals surface area (Å²) in [5.41, 5.74) is 2.34. The number of aryl methyl sites for hydroxylation is 1. The van der Waals surface area contributed by atoms with Crippen LogP contribution in [0.25, 0.3) is 0 Å². The number of sulfonamides is 1. The van der Waals surface area contributed by atoms with Gasteiger partial charge in [0, 0.05) is 26.1 Å². The van der Waals surface area contributed by atoms with Crippen molar-refractivity contribution in [1.29, 1.82) is 0 Å². The summed E-state index contributed by atoms with van der Waals surface area (Å²) in [6, 6.07) is 12.4. The molecule has 2 aromatic rings. The molecular formula is C27H38FN3O4S. The van der Waals surface area contributed by atoms with Crippen molar-refractivity contribution in [2.24, 2.45) is 5.92 Å². The summed E-state index contributed by atoms with van der Waals surface area (Å²) in [6.07, 6.45) is 2.33. The topological polar surface area (TPSA) is 86.8 Å². The van der Waals surface area contributed by atoms with Gasteiger partial charge in [0.1, 0.15) is 11.9 Å². The smallest absolute Gasteiger partial charge is 0.242 e. The minimum Gasteiger partial charge on any atom is -0.354 e. The quantitative estimate of drug-likeness (QED) is 0.431. The molecule has 0 aromatic heterocycles. The second-order valence-electron chi connectivity index (χ2n) is 9.42. The maximum atomic E-state index is 13.4. The Kier molecular flexibility index (Phi) is 10.9. The zero-order chi connectivity index (χ0) is 26.9. The number of anilines is 1. The fourth-order valence-corrected chi connectivity index (χ4v) is 4.69. The lowest BCUT2D eigenvalue weighted by atomic mass is 10.1. The normalized spacial score (nSPS) is 12.3. The van der Waals surface area contributed by atoms with Gasteiger partial charge >= 0.3 is 0 Å². The van der Waals surface area contributed by atoms with Crippen molar-refractivity contribution in [3.63, 3.8) is 0 Å². The van der Waals surface area contributed by atoms with Crippen LogP contribution in [-0.2, 0) is 32.6 Å². The average Bonchev–Trinajstić information content (AvgIpc) is 2.83. The Hall–Kier alpha value is -2.94. The van der Waals surface area contributed by atoms with Crippen molar-refractivity contribution in [1.82, 2.24) is 10.2 Å². The van der Waals surface area contributed by atoms with Crippen LogP contribution in [0.3, 0.4) is 0 Å². The zero-order valence-electron chi connectivity index (χ0n) is 21.8. The molecule has 0 heterocycles. The molecule has 2 aromatic carbocycles. The molecule has 7 nitrogen and oxygen atoms in total. The third-order valence-electron chi connectivity index (χ3n) is 5.90. The van der Waals surface area contributed by atoms with Gasteiger partial charge in [-0.3, -0.25) is 13.9 Å². The van der Waals surface area contributed by atoms with Gasteiger partial charge in [-0.1, -0.05) is 45.0 Å². The van der Waals surface area contributed by atoms with Gasteiger partial charge in [0.05, 0.1) is 11.9 Å². The maximum Gasteiger partial charge on any atom is 0.242 e. The summed E-state index contributed by atoms with van der Waals surface area (Å²) in [6.45, 7) is 8.41. The van der Waals surface area contributed by atoms with Crippen molar-refractivity contribution >= 4 is 27.5 Å². The van der Waals surface area contributed by atoms with E-state index in [-0.39, 0.29) is 49.5 Å². The number of hydrogen-bond donors (Lipinski definition) is 1. The predicted octanol–water partition coefficient (Wildman–Crippen LogP) is 4.12. The van der Waals surface area contributed by atoms with Crippen LogP contribution >= 0.6 is 0 Å². The summed E-state index contributed by atoms with van der Waals surface area (Å²) in [5, 5.41) is 2.86. The van der Waals surface area contributed by atoms with Crippen LogP contribution in [0.4, 0.5) is 10.1 Å². The molecule has 0 spiro atoms. The standard InChI is InChI=1S/C27H38FN3O4S/c1-6-22-11-15-25(16-12-22)31(36(5,34)35)17-7-8-26(32)30(19-23-9-13-24(28)14-10-23)21(4)27(33)29-18-20(2)3/h9-16,20-21H,6-8,17-19H2,1-5H3,(H,29,33)/t21-/m0/s1. The predicted molar refractivity (Wildman–Crippen MR) is 142 cm³/mol. The highest BCUT2D eigenvalue weighted by atomic mass is 32.2. The van der Waals surface area contributed by atoms with Crippen molar-refractivity contribution in [2.75, 3.05) is 23.7 Å². The Labute approximate surface area is 214 Å². The Morgan fingerprint density at radius 2 is 1.56 bits per heavy atom. The Balaban J connectivity index is 2.14. The van der Waals surface area contributed by atoms with Gasteiger partial charge in [0.2, 0.25) is 21.8 Å². The summed E-state index contributed by atoms with van der Waals surface area (Å²) in [5.74, 6) is -0.669. The van der Waals surface area contributed by atoms with Crippen LogP contribution in [0.1, 0.15) is 51.7 Å². The molecule has 36 heavy (non-hydrogen) atoms. The lowest BCUT2D eigenvalue weighted by Crippen LogP contribution is -2.48. The van der Waals surface area contributed by atoms with E-state index in [0.717, 1.165) is 18.2 Å². The highest BCUT2D eigenvalue weighted by Crippen LogP contribution is 2.20. The highest BCUT2D eigenvalue weighted by molar-refractivity contribution is 7.92. The molecule has 2 amide bonds. The Morgan fingerprint density at radius 3 is 2.08 bits per heavy atom. The average molecular weight is 520 g/mol. The number of halogens is 1. The van der Waals surface area contributed by atoms with E-state index in [0.29, 0.717) is 17.8 Å². The number of rotatable bonds is 13. The van der Waals surface area contributed by atoms with E-state index in [1.165, 1.54) is 21.3 Å². The van der Waals surface area contributed by atoms with Gasteiger partial charge in [-0.05, 0) is 61.1 Å². The van der Waals surface area contributed by atoms with E-state index < -0.39 is 16.1 Å². The summed E-state index contributed by atoms with van der Waals surface area (Å²) in [4.78, 5) is 27.5. The SMILES string of the molecule is CCc1ccc(N(CCCC(=O)N(Cc2ccc(F)cc2)[C@@H](C)C(=O)NCC(C)C)S(C)(=O)=O)cc1. The Bertz CT molecular complexity index is 1100. The first kappa shape index (κ1) is 29.3. The highest BCUT2D eigenvalue weighted by Gasteiger charge is 2.26. The van der Waals surface area contributed by atoms with Crippen LogP contribution in [0.15, 0.2) is 48.5 Å². The second-order valence-corrected chi connectivity index (χ2v) is 11.3. The molecular weight excluding hydrogens is 481 g/mol. The minimum absolute atomic E-state index is 0.0576. The minimum atomic E-state index is -3.54. The fourth-order valence-electron chi connectivity index (χ4n) is 3.72. The third-order valence-corrected chi connectivity index (χ3v) is 7.10. The van der Waals surface area contributed by atoms with Crippen molar-refractivity contribution in [2.45, 2.75) is 59.5 Å². The van der Waals surface area contributed by atoms with Crippen molar-refractivity contribution < 1.29 is 22.4 Å². The van der Waals surface area contributed by atoms with E-state index in [1.54, 1.807) is 31.2 Å². The fraction of sp³-hybridized carbons (Fsp3) is 0.481. The van der Waals surface area contributed by atoms with E-state index >= 15 is 0 Å². The van der Waals surface area contributed by atoms with Crippen LogP contribution in [-0.4, -0.2) is 50.5 Å². The van der Waals surface area contributed by atoms with Gasteiger partial charge in [-0.15, -0.1) is 0 Å². The van der Waals surface area contributed by atoms with Gasteiger partial charge in [-0.25, -0.2) is 12.8 Å². The van der Waals surface area contributed by atoms with E-state index in [1.807, 2.05) is 32.9 Å². The number of carbonyl (C=O) groups excluding carboxylic acids is 2. The van der Waals surface area contributed by atoms with Crippen molar-refractivity contribution in [3.05, 3.63) is 65.5 Å². The van der Waals surface area contributed by atoms with E-state index in [4.69, 9.17) is 0 Å². The van der Waals surface area contributed by atoms with Crippen molar-refractivity contribution in [3.8, 4) is 0 Å². The number of hydrogen-bond acceptors (Lipinski definition) is 4. The molecule has 0 aliphatic rings. The lowest BCUT2D eigenvalue weighted by Gasteiger charge is -2.29. The molecule has 0 fully saturated rings.